The van der Waals surface area contributed by atoms with Gasteiger partial charge in [0.2, 0.25) is 0 Å². The number of anilines is 1. The van der Waals surface area contributed by atoms with E-state index < -0.39 is 0 Å². The molecule has 1 aliphatic carbocycles. The SMILES string of the molecule is CCNc1nc(CC2CC2)nc2c1CSC2. The van der Waals surface area contributed by atoms with Gasteiger partial charge in [-0.3, -0.25) is 0 Å². The van der Waals surface area contributed by atoms with Crippen LogP contribution in [0.3, 0.4) is 0 Å². The van der Waals surface area contributed by atoms with Gasteiger partial charge in [-0.25, -0.2) is 9.97 Å². The minimum atomic E-state index is 0.863. The van der Waals surface area contributed by atoms with E-state index in [0.717, 1.165) is 42.0 Å². The van der Waals surface area contributed by atoms with Gasteiger partial charge in [0.05, 0.1) is 5.69 Å². The quantitative estimate of drug-likeness (QED) is 0.870. The van der Waals surface area contributed by atoms with Gasteiger partial charge in [0.1, 0.15) is 11.6 Å². The van der Waals surface area contributed by atoms with Crippen molar-refractivity contribution in [3.05, 3.63) is 17.1 Å². The average Bonchev–Trinajstić information content (AvgIpc) is 2.95. The summed E-state index contributed by atoms with van der Waals surface area (Å²) in [5.74, 6) is 5.14. The van der Waals surface area contributed by atoms with Gasteiger partial charge in [-0.1, -0.05) is 0 Å². The summed E-state index contributed by atoms with van der Waals surface area (Å²) in [7, 11) is 0. The van der Waals surface area contributed by atoms with Gasteiger partial charge in [0.15, 0.2) is 0 Å². The number of nitrogens with one attached hydrogen (secondary N) is 1. The summed E-state index contributed by atoms with van der Waals surface area (Å²) in [6, 6.07) is 0. The van der Waals surface area contributed by atoms with Crippen LogP contribution in [0.2, 0.25) is 0 Å². The second-order valence-electron chi connectivity index (χ2n) is 4.58. The summed E-state index contributed by atoms with van der Waals surface area (Å²) in [6.07, 6.45) is 3.81. The first-order chi connectivity index (χ1) is 7.86. The number of hydrogen-bond acceptors (Lipinski definition) is 4. The maximum absolute atomic E-state index is 4.70. The van der Waals surface area contributed by atoms with Crippen molar-refractivity contribution in [2.45, 2.75) is 37.7 Å². The van der Waals surface area contributed by atoms with Gasteiger partial charge in [0, 0.05) is 30.0 Å². The summed E-state index contributed by atoms with van der Waals surface area (Å²) >= 11 is 1.94. The summed E-state index contributed by atoms with van der Waals surface area (Å²) in [5, 5.41) is 3.38. The highest BCUT2D eigenvalue weighted by Crippen LogP contribution is 2.35. The van der Waals surface area contributed by atoms with E-state index in [4.69, 9.17) is 4.98 Å². The van der Waals surface area contributed by atoms with Gasteiger partial charge >= 0.3 is 0 Å². The minimum absolute atomic E-state index is 0.863. The van der Waals surface area contributed by atoms with Crippen LogP contribution in [0.4, 0.5) is 5.82 Å². The fraction of sp³-hybridized carbons (Fsp3) is 0.667. The largest absolute Gasteiger partial charge is 0.370 e. The monoisotopic (exact) mass is 235 g/mol. The molecule has 3 nitrogen and oxygen atoms in total. The van der Waals surface area contributed by atoms with Crippen LogP contribution in [0.5, 0.6) is 0 Å². The van der Waals surface area contributed by atoms with Crippen molar-refractivity contribution in [3.8, 4) is 0 Å². The van der Waals surface area contributed by atoms with E-state index in [1.807, 2.05) is 11.8 Å². The van der Waals surface area contributed by atoms with Crippen molar-refractivity contribution in [2.24, 2.45) is 5.92 Å². The maximum Gasteiger partial charge on any atom is 0.134 e. The van der Waals surface area contributed by atoms with Crippen molar-refractivity contribution < 1.29 is 0 Å². The normalized spacial score (nSPS) is 18.6. The van der Waals surface area contributed by atoms with Gasteiger partial charge in [-0.2, -0.15) is 11.8 Å². The Balaban J connectivity index is 1.91. The van der Waals surface area contributed by atoms with E-state index in [1.54, 1.807) is 0 Å². The Hall–Kier alpha value is -0.770. The minimum Gasteiger partial charge on any atom is -0.370 e. The number of thioether (sulfide) groups is 1. The lowest BCUT2D eigenvalue weighted by atomic mass is 10.2. The first-order valence-electron chi connectivity index (χ1n) is 6.07. The third-order valence-corrected chi connectivity index (χ3v) is 4.11. The van der Waals surface area contributed by atoms with E-state index >= 15 is 0 Å². The van der Waals surface area contributed by atoms with Crippen molar-refractivity contribution in [1.82, 2.24) is 9.97 Å². The molecule has 1 aromatic heterocycles. The Morgan fingerprint density at radius 1 is 1.31 bits per heavy atom. The molecule has 0 aromatic carbocycles. The summed E-state index contributed by atoms with van der Waals surface area (Å²) in [5.41, 5.74) is 2.61. The van der Waals surface area contributed by atoms with Crippen molar-refractivity contribution in [3.63, 3.8) is 0 Å². The van der Waals surface area contributed by atoms with E-state index in [9.17, 15) is 0 Å². The predicted octanol–water partition coefficient (Wildman–Crippen LogP) is 2.61. The van der Waals surface area contributed by atoms with Crippen LogP contribution in [-0.4, -0.2) is 16.5 Å². The van der Waals surface area contributed by atoms with Crippen molar-refractivity contribution in [1.29, 1.82) is 0 Å². The predicted molar refractivity (Wildman–Crippen MR) is 67.6 cm³/mol. The molecular weight excluding hydrogens is 218 g/mol. The van der Waals surface area contributed by atoms with Gasteiger partial charge < -0.3 is 5.32 Å². The van der Waals surface area contributed by atoms with E-state index in [1.165, 1.54) is 24.1 Å². The zero-order valence-electron chi connectivity index (χ0n) is 9.62. The van der Waals surface area contributed by atoms with Crippen LogP contribution >= 0.6 is 11.8 Å². The zero-order chi connectivity index (χ0) is 11.0. The number of aromatic nitrogens is 2. The van der Waals surface area contributed by atoms with Crippen LogP contribution in [0.1, 0.15) is 36.8 Å². The lowest BCUT2D eigenvalue weighted by Crippen LogP contribution is -2.09. The standard InChI is InChI=1S/C12H17N3S/c1-2-13-12-9-6-16-7-10(9)14-11(15-12)5-8-3-4-8/h8H,2-7H2,1H3,(H,13,14,15). The molecule has 16 heavy (non-hydrogen) atoms. The third-order valence-electron chi connectivity index (χ3n) is 3.14. The highest BCUT2D eigenvalue weighted by Gasteiger charge is 2.25. The molecule has 2 aliphatic rings. The summed E-state index contributed by atoms with van der Waals surface area (Å²) in [6.45, 7) is 3.06. The molecule has 1 saturated carbocycles. The molecule has 1 N–H and O–H groups in total. The number of hydrogen-bond donors (Lipinski definition) is 1. The Labute approximate surface area is 100 Å². The van der Waals surface area contributed by atoms with Gasteiger partial charge in [-0.05, 0) is 25.7 Å². The molecule has 0 amide bonds. The van der Waals surface area contributed by atoms with E-state index in [-0.39, 0.29) is 0 Å². The van der Waals surface area contributed by atoms with Crippen LogP contribution in [0, 0.1) is 5.92 Å². The zero-order valence-corrected chi connectivity index (χ0v) is 10.4. The van der Waals surface area contributed by atoms with Crippen LogP contribution in [-0.2, 0) is 17.9 Å². The fourth-order valence-corrected chi connectivity index (χ4v) is 3.13. The molecule has 0 atom stereocenters. The molecule has 2 heterocycles. The molecule has 0 radical (unpaired) electrons. The first-order valence-corrected chi connectivity index (χ1v) is 7.22. The molecule has 3 rings (SSSR count). The average molecular weight is 235 g/mol. The molecule has 1 aromatic rings. The Bertz CT molecular complexity index is 401. The first kappa shape index (κ1) is 10.4. The number of fused-ring (bicyclic) bond motifs is 1. The highest BCUT2D eigenvalue weighted by molar-refractivity contribution is 7.98. The van der Waals surface area contributed by atoms with Gasteiger partial charge in [-0.15, -0.1) is 0 Å². The Morgan fingerprint density at radius 2 is 2.19 bits per heavy atom. The molecular formula is C12H17N3S. The Morgan fingerprint density at radius 3 is 2.94 bits per heavy atom. The van der Waals surface area contributed by atoms with Crippen LogP contribution in [0.15, 0.2) is 0 Å². The van der Waals surface area contributed by atoms with Crippen LogP contribution in [0.25, 0.3) is 0 Å². The topological polar surface area (TPSA) is 37.8 Å². The number of nitrogens with zero attached hydrogens (tertiary/aromatic N) is 2. The summed E-state index contributed by atoms with van der Waals surface area (Å²) < 4.78 is 0. The molecule has 0 unspecified atom stereocenters. The summed E-state index contributed by atoms with van der Waals surface area (Å²) in [4.78, 5) is 9.38. The van der Waals surface area contributed by atoms with E-state index in [0.29, 0.717) is 0 Å². The second-order valence-corrected chi connectivity index (χ2v) is 5.57. The molecule has 0 saturated heterocycles. The molecule has 86 valence electrons. The fourth-order valence-electron chi connectivity index (χ4n) is 2.09. The molecule has 1 aliphatic heterocycles. The second kappa shape index (κ2) is 4.24. The molecule has 0 bridgehead atoms. The van der Waals surface area contributed by atoms with Crippen LogP contribution < -0.4 is 5.32 Å². The van der Waals surface area contributed by atoms with E-state index in [2.05, 4.69) is 17.2 Å². The lowest BCUT2D eigenvalue weighted by molar-refractivity contribution is 0.761. The highest BCUT2D eigenvalue weighted by atomic mass is 32.2. The molecule has 1 fully saturated rings. The van der Waals surface area contributed by atoms with Crippen molar-refractivity contribution >= 4 is 17.6 Å². The van der Waals surface area contributed by atoms with Gasteiger partial charge in [0.25, 0.3) is 0 Å². The smallest absolute Gasteiger partial charge is 0.134 e. The lowest BCUT2D eigenvalue weighted by Gasteiger charge is -2.10. The third kappa shape index (κ3) is 2.03. The number of rotatable bonds is 4. The molecule has 4 heteroatoms. The Kier molecular flexibility index (Phi) is 2.75. The molecule has 0 spiro atoms. The maximum atomic E-state index is 4.70. The van der Waals surface area contributed by atoms with Crippen molar-refractivity contribution in [2.75, 3.05) is 11.9 Å².